The van der Waals surface area contributed by atoms with Gasteiger partial charge in [0.2, 0.25) is 0 Å². The fourth-order valence-corrected chi connectivity index (χ4v) is 0.907. The third-order valence-electron chi connectivity index (χ3n) is 1.32. The topological polar surface area (TPSA) is 21.3 Å². The molecule has 0 spiro atoms. The number of halogens is 1. The Morgan fingerprint density at radius 1 is 1.45 bits per heavy atom. The minimum Gasteiger partial charge on any atom is -0.380 e. The summed E-state index contributed by atoms with van der Waals surface area (Å²) in [6.45, 7) is 6.92. The van der Waals surface area contributed by atoms with Crippen LogP contribution in [0.4, 0.5) is 0 Å². The van der Waals surface area contributed by atoms with E-state index in [2.05, 4.69) is 35.1 Å². The molecule has 11 heavy (non-hydrogen) atoms. The van der Waals surface area contributed by atoms with Crippen LogP contribution in [0.5, 0.6) is 0 Å². The Bertz CT molecular complexity index is 80.5. The predicted molar refractivity (Wildman–Crippen MR) is 52.4 cm³/mol. The Labute approximate surface area is 77.8 Å². The van der Waals surface area contributed by atoms with Gasteiger partial charge in [-0.05, 0) is 13.3 Å². The van der Waals surface area contributed by atoms with Gasteiger partial charge in [0.15, 0.2) is 0 Å². The van der Waals surface area contributed by atoms with Crippen LogP contribution in [-0.4, -0.2) is 31.1 Å². The van der Waals surface area contributed by atoms with Crippen LogP contribution < -0.4 is 5.32 Å². The van der Waals surface area contributed by atoms with E-state index in [1.807, 2.05) is 0 Å². The van der Waals surface area contributed by atoms with Gasteiger partial charge in [-0.25, -0.2) is 0 Å². The maximum absolute atomic E-state index is 5.30. The van der Waals surface area contributed by atoms with E-state index >= 15 is 0 Å². The van der Waals surface area contributed by atoms with E-state index in [4.69, 9.17) is 4.74 Å². The molecule has 0 saturated carbocycles. The van der Waals surface area contributed by atoms with Crippen LogP contribution in [0.25, 0.3) is 0 Å². The fraction of sp³-hybridized carbons (Fsp3) is 1.00. The largest absolute Gasteiger partial charge is 0.380 e. The van der Waals surface area contributed by atoms with Crippen molar-refractivity contribution >= 4 is 15.9 Å². The van der Waals surface area contributed by atoms with E-state index in [-0.39, 0.29) is 0 Å². The number of alkyl halides is 1. The zero-order valence-corrected chi connectivity index (χ0v) is 8.99. The molecule has 0 bridgehead atoms. The van der Waals surface area contributed by atoms with Crippen LogP contribution in [0.3, 0.4) is 0 Å². The molecule has 0 amide bonds. The highest BCUT2D eigenvalue weighted by atomic mass is 79.9. The van der Waals surface area contributed by atoms with Crippen LogP contribution in [0, 0.1) is 0 Å². The van der Waals surface area contributed by atoms with Crippen molar-refractivity contribution in [3.8, 4) is 0 Å². The average molecular weight is 224 g/mol. The molecule has 1 N–H and O–H groups in total. The lowest BCUT2D eigenvalue weighted by atomic mass is 10.4. The zero-order valence-electron chi connectivity index (χ0n) is 7.40. The molecule has 0 aliphatic rings. The van der Waals surface area contributed by atoms with Gasteiger partial charge in [-0.3, -0.25) is 0 Å². The molecule has 0 aliphatic carbocycles. The van der Waals surface area contributed by atoms with Gasteiger partial charge < -0.3 is 10.1 Å². The predicted octanol–water partition coefficient (Wildman–Crippen LogP) is 1.79. The van der Waals surface area contributed by atoms with Crippen LogP contribution in [-0.2, 0) is 4.74 Å². The highest BCUT2D eigenvalue weighted by Crippen LogP contribution is 1.87. The van der Waals surface area contributed by atoms with Crippen molar-refractivity contribution in [2.45, 2.75) is 26.3 Å². The lowest BCUT2D eigenvalue weighted by Gasteiger charge is -2.09. The third kappa shape index (κ3) is 8.30. The maximum atomic E-state index is 5.30. The summed E-state index contributed by atoms with van der Waals surface area (Å²) in [5, 5.41) is 4.32. The molecular formula is C8H18BrNO. The first-order chi connectivity index (χ1) is 5.31. The van der Waals surface area contributed by atoms with Crippen LogP contribution >= 0.6 is 15.9 Å². The summed E-state index contributed by atoms with van der Waals surface area (Å²) in [7, 11) is 0. The van der Waals surface area contributed by atoms with E-state index in [0.29, 0.717) is 6.04 Å². The van der Waals surface area contributed by atoms with Crippen LogP contribution in [0.15, 0.2) is 0 Å². The number of ether oxygens (including phenoxy) is 1. The van der Waals surface area contributed by atoms with E-state index in [1.165, 1.54) is 0 Å². The molecule has 2 nitrogen and oxygen atoms in total. The highest BCUT2D eigenvalue weighted by Gasteiger charge is 1.95. The van der Waals surface area contributed by atoms with Crippen molar-refractivity contribution in [1.82, 2.24) is 5.32 Å². The number of hydrogen-bond acceptors (Lipinski definition) is 2. The molecule has 0 aromatic carbocycles. The van der Waals surface area contributed by atoms with Crippen molar-refractivity contribution in [2.75, 3.05) is 25.1 Å². The van der Waals surface area contributed by atoms with Gasteiger partial charge in [0, 0.05) is 24.5 Å². The summed E-state index contributed by atoms with van der Waals surface area (Å²) in [5.74, 6) is 0. The second kappa shape index (κ2) is 8.50. The van der Waals surface area contributed by atoms with Gasteiger partial charge >= 0.3 is 0 Å². The molecule has 0 rings (SSSR count). The first-order valence-corrected chi connectivity index (χ1v) is 5.30. The van der Waals surface area contributed by atoms with E-state index < -0.39 is 0 Å². The first-order valence-electron chi connectivity index (χ1n) is 4.18. The Balaban J connectivity index is 2.89. The average Bonchev–Trinajstić information content (AvgIpc) is 2.04. The molecule has 0 aliphatic heterocycles. The molecule has 0 heterocycles. The fourth-order valence-electron chi connectivity index (χ4n) is 0.678. The van der Waals surface area contributed by atoms with Crippen molar-refractivity contribution < 1.29 is 4.74 Å². The highest BCUT2D eigenvalue weighted by molar-refractivity contribution is 9.09. The molecule has 3 heteroatoms. The Hall–Kier alpha value is 0.400. The van der Waals surface area contributed by atoms with E-state index in [9.17, 15) is 0 Å². The molecule has 1 unspecified atom stereocenters. The lowest BCUT2D eigenvalue weighted by Crippen LogP contribution is -2.30. The first kappa shape index (κ1) is 11.4. The molecule has 0 aromatic rings. The minimum atomic E-state index is 0.542. The smallest absolute Gasteiger partial charge is 0.0591 e. The summed E-state index contributed by atoms with van der Waals surface area (Å²) < 4.78 is 5.30. The second-order valence-electron chi connectivity index (χ2n) is 2.62. The zero-order chi connectivity index (χ0) is 8.53. The number of rotatable bonds is 7. The minimum absolute atomic E-state index is 0.542. The van der Waals surface area contributed by atoms with Gasteiger partial charge in [-0.15, -0.1) is 0 Å². The maximum Gasteiger partial charge on any atom is 0.0591 e. The van der Waals surface area contributed by atoms with Crippen molar-refractivity contribution in [1.29, 1.82) is 0 Å². The number of hydrogen-bond donors (Lipinski definition) is 1. The Morgan fingerprint density at radius 3 is 2.73 bits per heavy atom. The van der Waals surface area contributed by atoms with Crippen LogP contribution in [0.2, 0.25) is 0 Å². The van der Waals surface area contributed by atoms with Crippen molar-refractivity contribution in [3.05, 3.63) is 0 Å². The quantitative estimate of drug-likeness (QED) is 0.525. The molecule has 68 valence electrons. The van der Waals surface area contributed by atoms with Crippen LogP contribution in [0.1, 0.15) is 20.3 Å². The summed E-state index contributed by atoms with van der Waals surface area (Å²) in [4.78, 5) is 0. The van der Waals surface area contributed by atoms with Gasteiger partial charge in [-0.2, -0.15) is 0 Å². The van der Waals surface area contributed by atoms with Gasteiger partial charge in [0.25, 0.3) is 0 Å². The Morgan fingerprint density at radius 2 is 2.18 bits per heavy atom. The molecule has 1 atom stereocenters. The van der Waals surface area contributed by atoms with E-state index in [1.54, 1.807) is 0 Å². The molecular weight excluding hydrogens is 206 g/mol. The SMILES string of the molecule is CCCOCCNC(C)CBr. The number of nitrogens with one attached hydrogen (secondary N) is 1. The molecule has 0 saturated heterocycles. The van der Waals surface area contributed by atoms with E-state index in [0.717, 1.165) is 31.5 Å². The van der Waals surface area contributed by atoms with Crippen molar-refractivity contribution in [2.24, 2.45) is 0 Å². The monoisotopic (exact) mass is 223 g/mol. The van der Waals surface area contributed by atoms with Gasteiger partial charge in [-0.1, -0.05) is 22.9 Å². The summed E-state index contributed by atoms with van der Waals surface area (Å²) in [6, 6.07) is 0.542. The Kier molecular flexibility index (Phi) is 8.81. The molecule has 0 radical (unpaired) electrons. The summed E-state index contributed by atoms with van der Waals surface area (Å²) in [5.41, 5.74) is 0. The summed E-state index contributed by atoms with van der Waals surface area (Å²) in [6.07, 6.45) is 1.11. The normalized spacial score (nSPS) is 13.4. The summed E-state index contributed by atoms with van der Waals surface area (Å²) >= 11 is 3.39. The van der Waals surface area contributed by atoms with Gasteiger partial charge in [0.1, 0.15) is 0 Å². The third-order valence-corrected chi connectivity index (χ3v) is 2.29. The second-order valence-corrected chi connectivity index (χ2v) is 3.27. The molecule has 0 fully saturated rings. The standard InChI is InChI=1S/C8H18BrNO/c1-3-5-11-6-4-10-8(2)7-9/h8,10H,3-7H2,1-2H3. The van der Waals surface area contributed by atoms with Crippen molar-refractivity contribution in [3.63, 3.8) is 0 Å². The molecule has 0 aromatic heterocycles. The lowest BCUT2D eigenvalue weighted by molar-refractivity contribution is 0.135. The van der Waals surface area contributed by atoms with Gasteiger partial charge in [0.05, 0.1) is 6.61 Å².